The molecule has 0 atom stereocenters. The molecule has 0 fully saturated rings. The quantitative estimate of drug-likeness (QED) is 0.431. The van der Waals surface area contributed by atoms with Gasteiger partial charge in [0.2, 0.25) is 5.75 Å². The number of nitrogens with zero attached hydrogens (tertiary/aromatic N) is 1. The monoisotopic (exact) mass is 421 g/mol. The maximum atomic E-state index is 12.5. The molecule has 0 unspecified atom stereocenters. The lowest BCUT2D eigenvalue weighted by Gasteiger charge is -2.12. The molecule has 0 saturated heterocycles. The van der Waals surface area contributed by atoms with Crippen LogP contribution in [0.25, 0.3) is 10.8 Å². The fraction of sp³-hybridized carbons (Fsp3) is 0.174. The van der Waals surface area contributed by atoms with E-state index in [0.29, 0.717) is 28.4 Å². The van der Waals surface area contributed by atoms with E-state index in [2.05, 4.69) is 15.8 Å². The van der Waals surface area contributed by atoms with Crippen molar-refractivity contribution in [2.75, 3.05) is 27.9 Å². The first-order valence-electron chi connectivity index (χ1n) is 9.45. The Morgan fingerprint density at radius 3 is 2.29 bits per heavy atom. The van der Waals surface area contributed by atoms with Gasteiger partial charge in [-0.1, -0.05) is 36.4 Å². The third-order valence-electron chi connectivity index (χ3n) is 4.53. The first-order chi connectivity index (χ1) is 15.1. The van der Waals surface area contributed by atoms with Crippen molar-refractivity contribution in [2.24, 2.45) is 5.10 Å². The van der Waals surface area contributed by atoms with Crippen molar-refractivity contribution in [3.8, 4) is 17.2 Å². The average molecular weight is 421 g/mol. The highest BCUT2D eigenvalue weighted by Crippen LogP contribution is 2.37. The number of fused-ring (bicyclic) bond motifs is 1. The number of ether oxygens (including phenoxy) is 3. The van der Waals surface area contributed by atoms with Crippen molar-refractivity contribution in [1.82, 2.24) is 10.7 Å². The molecule has 0 spiro atoms. The Morgan fingerprint density at radius 2 is 1.61 bits per heavy atom. The lowest BCUT2D eigenvalue weighted by molar-refractivity contribution is -0.120. The third-order valence-corrected chi connectivity index (χ3v) is 4.53. The summed E-state index contributed by atoms with van der Waals surface area (Å²) in [6.45, 7) is -0.214. The Labute approximate surface area is 179 Å². The summed E-state index contributed by atoms with van der Waals surface area (Å²) < 4.78 is 15.8. The first kappa shape index (κ1) is 21.6. The minimum absolute atomic E-state index is 0.214. The van der Waals surface area contributed by atoms with Crippen molar-refractivity contribution in [3.63, 3.8) is 0 Å². The van der Waals surface area contributed by atoms with Crippen molar-refractivity contribution in [1.29, 1.82) is 0 Å². The van der Waals surface area contributed by atoms with Crippen LogP contribution in [0.4, 0.5) is 0 Å². The average Bonchev–Trinajstić information content (AvgIpc) is 2.81. The highest BCUT2D eigenvalue weighted by molar-refractivity contribution is 6.07. The Bertz CT molecular complexity index is 1100. The molecule has 0 aliphatic rings. The van der Waals surface area contributed by atoms with E-state index in [1.165, 1.54) is 27.5 Å². The van der Waals surface area contributed by atoms with Gasteiger partial charge in [0.25, 0.3) is 11.8 Å². The Hall–Kier alpha value is -4.07. The van der Waals surface area contributed by atoms with Gasteiger partial charge in [-0.05, 0) is 29.0 Å². The van der Waals surface area contributed by atoms with Crippen molar-refractivity contribution in [3.05, 3.63) is 65.7 Å². The van der Waals surface area contributed by atoms with Crippen LogP contribution >= 0.6 is 0 Å². The van der Waals surface area contributed by atoms with Crippen molar-refractivity contribution in [2.45, 2.75) is 0 Å². The molecule has 0 bridgehead atoms. The predicted octanol–water partition coefficient (Wildman–Crippen LogP) is 2.75. The topological polar surface area (TPSA) is 98.2 Å². The molecule has 0 saturated carbocycles. The van der Waals surface area contributed by atoms with Crippen LogP contribution in [0.3, 0.4) is 0 Å². The lowest BCUT2D eigenvalue weighted by atomic mass is 10.0. The maximum absolute atomic E-state index is 12.5. The van der Waals surface area contributed by atoms with Gasteiger partial charge in [0.05, 0.1) is 34.1 Å². The third kappa shape index (κ3) is 5.11. The summed E-state index contributed by atoms with van der Waals surface area (Å²) >= 11 is 0. The van der Waals surface area contributed by atoms with Crippen LogP contribution < -0.4 is 25.0 Å². The Morgan fingerprint density at radius 1 is 0.935 bits per heavy atom. The predicted molar refractivity (Wildman–Crippen MR) is 118 cm³/mol. The number of carbonyl (C=O) groups excluding carboxylic acids is 2. The molecule has 160 valence electrons. The van der Waals surface area contributed by atoms with Crippen LogP contribution in [-0.2, 0) is 4.79 Å². The second-order valence-corrected chi connectivity index (χ2v) is 6.46. The van der Waals surface area contributed by atoms with E-state index < -0.39 is 5.91 Å². The van der Waals surface area contributed by atoms with E-state index in [1.807, 2.05) is 30.3 Å². The minimum Gasteiger partial charge on any atom is -0.493 e. The second kappa shape index (κ2) is 10.1. The first-order valence-corrected chi connectivity index (χ1v) is 9.45. The van der Waals surface area contributed by atoms with Crippen LogP contribution in [-0.4, -0.2) is 45.9 Å². The number of hydrazone groups is 1. The molecular weight excluding hydrogens is 398 g/mol. The summed E-state index contributed by atoms with van der Waals surface area (Å²) in [4.78, 5) is 24.6. The van der Waals surface area contributed by atoms with E-state index in [1.54, 1.807) is 24.3 Å². The molecule has 3 rings (SSSR count). The van der Waals surface area contributed by atoms with E-state index >= 15 is 0 Å². The highest BCUT2D eigenvalue weighted by atomic mass is 16.5. The van der Waals surface area contributed by atoms with Crippen molar-refractivity contribution >= 4 is 28.8 Å². The van der Waals surface area contributed by atoms with Crippen LogP contribution in [0.1, 0.15) is 15.9 Å². The number of methoxy groups -OCH3 is 3. The molecule has 2 amide bonds. The molecule has 3 aromatic rings. The maximum Gasteiger partial charge on any atom is 0.259 e. The molecule has 0 aliphatic heterocycles. The zero-order valence-corrected chi connectivity index (χ0v) is 17.5. The Balaban J connectivity index is 1.60. The molecule has 0 radical (unpaired) electrons. The molecule has 3 aromatic carbocycles. The molecule has 0 aromatic heterocycles. The van der Waals surface area contributed by atoms with E-state index in [-0.39, 0.29) is 12.5 Å². The van der Waals surface area contributed by atoms with Gasteiger partial charge in [-0.2, -0.15) is 5.10 Å². The molecule has 31 heavy (non-hydrogen) atoms. The standard InChI is InChI=1S/C23H23N3O5/c1-29-19-11-15(12-20(30-2)22(19)31-3)13-25-26-21(27)14-24-23(28)18-10-6-8-16-7-4-5-9-17(16)18/h4-13H,14H2,1-3H3,(H,24,28)(H,26,27). The van der Waals surface area contributed by atoms with Gasteiger partial charge in [-0.15, -0.1) is 0 Å². The van der Waals surface area contributed by atoms with Gasteiger partial charge in [0.15, 0.2) is 11.5 Å². The number of amides is 2. The van der Waals surface area contributed by atoms with Gasteiger partial charge in [0, 0.05) is 11.1 Å². The summed E-state index contributed by atoms with van der Waals surface area (Å²) in [7, 11) is 4.54. The van der Waals surface area contributed by atoms with Gasteiger partial charge >= 0.3 is 0 Å². The normalized spacial score (nSPS) is 10.7. The number of rotatable bonds is 8. The lowest BCUT2D eigenvalue weighted by Crippen LogP contribution is -2.35. The fourth-order valence-electron chi connectivity index (χ4n) is 3.07. The zero-order valence-electron chi connectivity index (χ0n) is 17.5. The van der Waals surface area contributed by atoms with Gasteiger partial charge in [-0.25, -0.2) is 5.43 Å². The molecule has 0 aliphatic carbocycles. The molecular formula is C23H23N3O5. The van der Waals surface area contributed by atoms with Gasteiger partial charge < -0.3 is 19.5 Å². The van der Waals surface area contributed by atoms with Crippen LogP contribution in [0.2, 0.25) is 0 Å². The molecule has 8 heteroatoms. The summed E-state index contributed by atoms with van der Waals surface area (Å²) in [6, 6.07) is 16.4. The van der Waals surface area contributed by atoms with Crippen LogP contribution in [0.15, 0.2) is 59.7 Å². The molecule has 0 heterocycles. The Kier molecular flexibility index (Phi) is 7.05. The van der Waals surface area contributed by atoms with Crippen LogP contribution in [0, 0.1) is 0 Å². The fourth-order valence-corrected chi connectivity index (χ4v) is 3.07. The molecule has 8 nitrogen and oxygen atoms in total. The highest BCUT2D eigenvalue weighted by Gasteiger charge is 2.13. The number of benzene rings is 3. The van der Waals surface area contributed by atoms with E-state index in [9.17, 15) is 9.59 Å². The van der Waals surface area contributed by atoms with Gasteiger partial charge in [-0.3, -0.25) is 9.59 Å². The van der Waals surface area contributed by atoms with E-state index in [4.69, 9.17) is 14.2 Å². The smallest absolute Gasteiger partial charge is 0.259 e. The van der Waals surface area contributed by atoms with Crippen LogP contribution in [0.5, 0.6) is 17.2 Å². The number of hydrogen-bond acceptors (Lipinski definition) is 6. The second-order valence-electron chi connectivity index (χ2n) is 6.46. The zero-order chi connectivity index (χ0) is 22.2. The molecule has 2 N–H and O–H groups in total. The van der Waals surface area contributed by atoms with Gasteiger partial charge in [0.1, 0.15) is 0 Å². The summed E-state index contributed by atoms with van der Waals surface area (Å²) in [5.74, 6) is 0.606. The van der Waals surface area contributed by atoms with Crippen molar-refractivity contribution < 1.29 is 23.8 Å². The SMILES string of the molecule is COc1cc(C=NNC(=O)CNC(=O)c2cccc3ccccc23)cc(OC)c1OC. The summed E-state index contributed by atoms with van der Waals surface area (Å²) in [5.41, 5.74) is 3.52. The summed E-state index contributed by atoms with van der Waals surface area (Å²) in [6.07, 6.45) is 1.44. The van der Waals surface area contributed by atoms with E-state index in [0.717, 1.165) is 10.8 Å². The number of hydrogen-bond donors (Lipinski definition) is 2. The summed E-state index contributed by atoms with van der Waals surface area (Å²) in [5, 5.41) is 8.31. The minimum atomic E-state index is -0.461. The number of carbonyl (C=O) groups is 2. The largest absolute Gasteiger partial charge is 0.493 e. The number of nitrogens with one attached hydrogen (secondary N) is 2.